The van der Waals surface area contributed by atoms with Crippen molar-refractivity contribution in [1.29, 1.82) is 0 Å². The van der Waals surface area contributed by atoms with Crippen LogP contribution in [0.5, 0.6) is 0 Å². The van der Waals surface area contributed by atoms with E-state index in [1.54, 1.807) is 0 Å². The molecule has 0 aromatic carbocycles. The molecule has 3 atom stereocenters. The summed E-state index contributed by atoms with van der Waals surface area (Å²) in [6.45, 7) is 11.4. The molecule has 1 saturated heterocycles. The van der Waals surface area contributed by atoms with Crippen molar-refractivity contribution in [3.05, 3.63) is 0 Å². The molecule has 0 aromatic rings. The Morgan fingerprint density at radius 1 is 1.30 bits per heavy atom. The van der Waals surface area contributed by atoms with Crippen LogP contribution in [0.15, 0.2) is 0 Å². The largest absolute Gasteiger partial charge is 0.345 e. The van der Waals surface area contributed by atoms with E-state index in [-0.39, 0.29) is 28.8 Å². The van der Waals surface area contributed by atoms with Crippen LogP contribution in [0.3, 0.4) is 0 Å². The van der Waals surface area contributed by atoms with Gasteiger partial charge in [-0.3, -0.25) is 9.59 Å². The lowest BCUT2D eigenvalue weighted by molar-refractivity contribution is -0.147. The second kappa shape index (κ2) is 5.05. The van der Waals surface area contributed by atoms with Gasteiger partial charge in [0.2, 0.25) is 0 Å². The number of nitrogens with one attached hydrogen (secondary N) is 1. The summed E-state index contributed by atoms with van der Waals surface area (Å²) < 4.78 is 0. The average Bonchev–Trinajstić information content (AvgIpc) is 2.57. The molecule has 0 aromatic heterocycles. The molecule has 20 heavy (non-hydrogen) atoms. The number of likely N-dealkylation sites (tertiary alicyclic amines) is 1. The van der Waals surface area contributed by atoms with Gasteiger partial charge in [-0.2, -0.15) is 0 Å². The molecule has 2 fully saturated rings. The monoisotopic (exact) mass is 280 g/mol. The van der Waals surface area contributed by atoms with Crippen LogP contribution >= 0.6 is 0 Å². The Labute approximate surface area is 122 Å². The van der Waals surface area contributed by atoms with Crippen molar-refractivity contribution in [3.8, 4) is 0 Å². The molecular formula is C16H28N2O2. The van der Waals surface area contributed by atoms with E-state index in [0.29, 0.717) is 0 Å². The third kappa shape index (κ3) is 2.99. The van der Waals surface area contributed by atoms with Gasteiger partial charge in [0.15, 0.2) is 0 Å². The summed E-state index contributed by atoms with van der Waals surface area (Å²) in [5.74, 6) is -0.773. The van der Waals surface area contributed by atoms with Crippen LogP contribution in [0, 0.1) is 10.8 Å². The first-order chi connectivity index (χ1) is 9.16. The molecule has 114 valence electrons. The maximum Gasteiger partial charge on any atom is 0.312 e. The van der Waals surface area contributed by atoms with Crippen molar-refractivity contribution in [2.75, 3.05) is 6.54 Å². The van der Waals surface area contributed by atoms with E-state index in [0.717, 1.165) is 32.2 Å². The van der Waals surface area contributed by atoms with Gasteiger partial charge < -0.3 is 10.2 Å². The molecular weight excluding hydrogens is 252 g/mol. The van der Waals surface area contributed by atoms with Gasteiger partial charge in [0.1, 0.15) is 0 Å². The first-order valence-corrected chi connectivity index (χ1v) is 7.77. The molecule has 0 radical (unpaired) electrons. The Balaban J connectivity index is 2.07. The lowest BCUT2D eigenvalue weighted by Gasteiger charge is -2.39. The first kappa shape index (κ1) is 15.3. The molecule has 1 aliphatic carbocycles. The van der Waals surface area contributed by atoms with Gasteiger partial charge in [-0.25, -0.2) is 0 Å². The molecule has 1 N–H and O–H groups in total. The number of carbonyl (C=O) groups is 2. The number of nitrogens with zero attached hydrogens (tertiary/aromatic N) is 1. The van der Waals surface area contributed by atoms with Gasteiger partial charge >= 0.3 is 11.8 Å². The predicted octanol–water partition coefficient (Wildman–Crippen LogP) is 2.33. The Hall–Kier alpha value is -1.06. The van der Waals surface area contributed by atoms with E-state index in [1.165, 1.54) is 0 Å². The fourth-order valence-electron chi connectivity index (χ4n) is 4.22. The van der Waals surface area contributed by atoms with Gasteiger partial charge in [-0.05, 0) is 43.4 Å². The molecule has 2 bridgehead atoms. The number of hydrogen-bond donors (Lipinski definition) is 1. The van der Waals surface area contributed by atoms with E-state index >= 15 is 0 Å². The van der Waals surface area contributed by atoms with E-state index in [2.05, 4.69) is 26.1 Å². The lowest BCUT2D eigenvalue weighted by Crippen LogP contribution is -2.47. The highest BCUT2D eigenvalue weighted by atomic mass is 16.2. The molecule has 4 nitrogen and oxygen atoms in total. The van der Waals surface area contributed by atoms with E-state index < -0.39 is 5.91 Å². The molecule has 1 heterocycles. The minimum absolute atomic E-state index is 0.0560. The molecule has 2 aliphatic rings. The van der Waals surface area contributed by atoms with E-state index in [4.69, 9.17) is 0 Å². The fourth-order valence-corrected chi connectivity index (χ4v) is 4.22. The summed E-state index contributed by atoms with van der Waals surface area (Å²) in [5, 5.41) is 2.79. The lowest BCUT2D eigenvalue weighted by atomic mass is 9.65. The van der Waals surface area contributed by atoms with Crippen LogP contribution in [0.4, 0.5) is 0 Å². The number of amides is 2. The Bertz CT molecular complexity index is 419. The van der Waals surface area contributed by atoms with Crippen molar-refractivity contribution in [3.63, 3.8) is 0 Å². The summed E-state index contributed by atoms with van der Waals surface area (Å²) in [7, 11) is 0. The number of fused-ring (bicyclic) bond motifs is 2. The van der Waals surface area contributed by atoms with Crippen molar-refractivity contribution < 1.29 is 9.59 Å². The molecule has 1 aliphatic heterocycles. The fraction of sp³-hybridized carbons (Fsp3) is 0.875. The van der Waals surface area contributed by atoms with Crippen LogP contribution in [-0.4, -0.2) is 35.3 Å². The predicted molar refractivity (Wildman–Crippen MR) is 79.1 cm³/mol. The zero-order valence-electron chi connectivity index (χ0n) is 13.5. The van der Waals surface area contributed by atoms with Gasteiger partial charge in [0, 0.05) is 18.6 Å². The number of carbonyl (C=O) groups excluding carboxylic acids is 2. The van der Waals surface area contributed by atoms with Crippen molar-refractivity contribution in [2.24, 2.45) is 10.8 Å². The summed E-state index contributed by atoms with van der Waals surface area (Å²) in [6, 6.07) is 0.291. The van der Waals surface area contributed by atoms with Gasteiger partial charge in [-0.15, -0.1) is 0 Å². The molecule has 1 saturated carbocycles. The third-order valence-corrected chi connectivity index (χ3v) is 4.86. The smallest absolute Gasteiger partial charge is 0.312 e. The van der Waals surface area contributed by atoms with Gasteiger partial charge in [0.25, 0.3) is 0 Å². The van der Waals surface area contributed by atoms with Crippen LogP contribution in [0.1, 0.15) is 60.3 Å². The van der Waals surface area contributed by atoms with Crippen LogP contribution < -0.4 is 5.32 Å². The first-order valence-electron chi connectivity index (χ1n) is 7.77. The number of hydrogen-bond acceptors (Lipinski definition) is 2. The second-order valence-electron chi connectivity index (χ2n) is 7.93. The topological polar surface area (TPSA) is 49.4 Å². The van der Waals surface area contributed by atoms with E-state index in [1.807, 2.05) is 18.7 Å². The van der Waals surface area contributed by atoms with Crippen molar-refractivity contribution in [2.45, 2.75) is 72.4 Å². The maximum absolute atomic E-state index is 12.4. The molecule has 2 rings (SSSR count). The van der Waals surface area contributed by atoms with Gasteiger partial charge in [-0.1, -0.05) is 27.7 Å². The summed E-state index contributed by atoms with van der Waals surface area (Å²) in [5.41, 5.74) is 0.443. The van der Waals surface area contributed by atoms with Crippen LogP contribution in [0.2, 0.25) is 0 Å². The zero-order chi connectivity index (χ0) is 15.1. The highest BCUT2D eigenvalue weighted by molar-refractivity contribution is 6.35. The zero-order valence-corrected chi connectivity index (χ0v) is 13.5. The standard InChI is InChI=1S/C16H28N2O2/c1-6-11(2)17-13(19)14(20)18-10-16(5)8-12(18)7-15(3,4)9-16/h11-12H,6-10H2,1-5H3,(H,17,19). The van der Waals surface area contributed by atoms with E-state index in [9.17, 15) is 9.59 Å². The van der Waals surface area contributed by atoms with Crippen molar-refractivity contribution >= 4 is 11.8 Å². The second-order valence-corrected chi connectivity index (χ2v) is 7.93. The highest BCUT2D eigenvalue weighted by Gasteiger charge is 2.51. The molecule has 4 heteroatoms. The third-order valence-electron chi connectivity index (χ3n) is 4.86. The summed E-state index contributed by atoms with van der Waals surface area (Å²) in [4.78, 5) is 26.3. The van der Waals surface area contributed by atoms with Gasteiger partial charge in [0.05, 0.1) is 0 Å². The van der Waals surface area contributed by atoms with Crippen LogP contribution in [-0.2, 0) is 9.59 Å². The SMILES string of the molecule is CCC(C)NC(=O)C(=O)N1CC2(C)CC1CC(C)(C)C2. The molecule has 3 unspecified atom stereocenters. The maximum atomic E-state index is 12.4. The molecule has 2 amide bonds. The minimum Gasteiger partial charge on any atom is -0.345 e. The quantitative estimate of drug-likeness (QED) is 0.789. The Morgan fingerprint density at radius 3 is 2.55 bits per heavy atom. The van der Waals surface area contributed by atoms with Crippen LogP contribution in [0.25, 0.3) is 0 Å². The molecule has 0 spiro atoms. The Morgan fingerprint density at radius 2 is 1.95 bits per heavy atom. The average molecular weight is 280 g/mol. The summed E-state index contributed by atoms with van der Waals surface area (Å²) in [6.07, 6.45) is 4.02. The number of rotatable bonds is 2. The highest BCUT2D eigenvalue weighted by Crippen LogP contribution is 2.52. The van der Waals surface area contributed by atoms with Crippen molar-refractivity contribution in [1.82, 2.24) is 10.2 Å². The minimum atomic E-state index is -0.437. The Kier molecular flexibility index (Phi) is 3.87. The summed E-state index contributed by atoms with van der Waals surface area (Å²) >= 11 is 0. The normalized spacial score (nSPS) is 32.9.